The van der Waals surface area contributed by atoms with Crippen LogP contribution in [0.4, 0.5) is 4.79 Å². The molecule has 1 saturated heterocycles. The fourth-order valence-corrected chi connectivity index (χ4v) is 4.96. The largest absolute Gasteiger partial charge is 0.385 e. The standard InChI is InChI=1S/C20H25N3O2S/c24-19(21-14-18-22-16-8-4-5-9-17(16)26-18)23-12-10-20(25,11-13-23)15-6-2-1-3-7-15/h1-3,6-7,25H,4-5,8-14H2,(H,21,24). The first kappa shape index (κ1) is 17.5. The summed E-state index contributed by atoms with van der Waals surface area (Å²) in [6, 6.07) is 9.69. The van der Waals surface area contributed by atoms with Crippen molar-refractivity contribution < 1.29 is 9.90 Å². The lowest BCUT2D eigenvalue weighted by atomic mass is 9.84. The summed E-state index contributed by atoms with van der Waals surface area (Å²) in [5, 5.41) is 14.9. The van der Waals surface area contributed by atoms with Crippen molar-refractivity contribution in [2.45, 2.75) is 50.7 Å². The topological polar surface area (TPSA) is 65.5 Å². The van der Waals surface area contributed by atoms with Crippen LogP contribution < -0.4 is 5.32 Å². The molecule has 0 atom stereocenters. The van der Waals surface area contributed by atoms with E-state index in [0.717, 1.165) is 23.4 Å². The van der Waals surface area contributed by atoms with Crippen LogP contribution in [0.1, 0.15) is 46.8 Å². The van der Waals surface area contributed by atoms with Gasteiger partial charge in [-0.1, -0.05) is 30.3 Å². The first-order chi connectivity index (χ1) is 12.6. The number of nitrogens with zero attached hydrogens (tertiary/aromatic N) is 2. The number of aliphatic hydroxyl groups is 1. The molecule has 1 aromatic heterocycles. The van der Waals surface area contributed by atoms with Gasteiger partial charge < -0.3 is 15.3 Å². The van der Waals surface area contributed by atoms with Gasteiger partial charge in [0, 0.05) is 18.0 Å². The Hall–Kier alpha value is -1.92. The zero-order valence-corrected chi connectivity index (χ0v) is 15.7. The Bertz CT molecular complexity index is 743. The number of hydrogen-bond acceptors (Lipinski definition) is 4. The lowest BCUT2D eigenvalue weighted by molar-refractivity contribution is -0.0168. The number of carbonyl (C=O) groups is 1. The maximum Gasteiger partial charge on any atom is 0.317 e. The Kier molecular flexibility index (Phi) is 4.96. The third-order valence-corrected chi connectivity index (χ3v) is 6.63. The average Bonchev–Trinajstić information content (AvgIpc) is 3.10. The number of piperidine rings is 1. The summed E-state index contributed by atoms with van der Waals surface area (Å²) in [5.74, 6) is 0. The lowest BCUT2D eigenvalue weighted by Gasteiger charge is -2.38. The van der Waals surface area contributed by atoms with Crippen molar-refractivity contribution in [1.82, 2.24) is 15.2 Å². The van der Waals surface area contributed by atoms with E-state index >= 15 is 0 Å². The molecule has 6 heteroatoms. The second-order valence-electron chi connectivity index (χ2n) is 7.23. The number of carbonyl (C=O) groups excluding carboxylic acids is 1. The molecule has 2 aromatic rings. The molecule has 1 aromatic carbocycles. The zero-order chi connectivity index (χ0) is 18.0. The third-order valence-electron chi connectivity index (χ3n) is 5.47. The highest BCUT2D eigenvalue weighted by atomic mass is 32.1. The molecule has 26 heavy (non-hydrogen) atoms. The highest BCUT2D eigenvalue weighted by molar-refractivity contribution is 7.11. The summed E-state index contributed by atoms with van der Waals surface area (Å²) < 4.78 is 0. The quantitative estimate of drug-likeness (QED) is 0.871. The van der Waals surface area contributed by atoms with Gasteiger partial charge in [-0.3, -0.25) is 0 Å². The van der Waals surface area contributed by atoms with Gasteiger partial charge in [0.2, 0.25) is 0 Å². The summed E-state index contributed by atoms with van der Waals surface area (Å²) in [6.07, 6.45) is 5.81. The molecule has 2 N–H and O–H groups in total. The van der Waals surface area contributed by atoms with Gasteiger partial charge in [-0.15, -0.1) is 11.3 Å². The monoisotopic (exact) mass is 371 g/mol. The summed E-state index contributed by atoms with van der Waals surface area (Å²) in [4.78, 5) is 20.3. The molecule has 0 spiro atoms. The van der Waals surface area contributed by atoms with E-state index in [1.165, 1.54) is 23.4 Å². The lowest BCUT2D eigenvalue weighted by Crippen LogP contribution is -2.48. The molecule has 1 fully saturated rings. The van der Waals surface area contributed by atoms with Crippen molar-refractivity contribution in [3.8, 4) is 0 Å². The number of benzene rings is 1. The molecule has 0 unspecified atom stereocenters. The van der Waals surface area contributed by atoms with Gasteiger partial charge in [-0.25, -0.2) is 9.78 Å². The van der Waals surface area contributed by atoms with Crippen LogP contribution in [0.5, 0.6) is 0 Å². The van der Waals surface area contributed by atoms with Gasteiger partial charge in [0.05, 0.1) is 17.8 Å². The number of fused-ring (bicyclic) bond motifs is 1. The summed E-state index contributed by atoms with van der Waals surface area (Å²) in [7, 11) is 0. The Morgan fingerprint density at radius 2 is 1.92 bits per heavy atom. The smallest absolute Gasteiger partial charge is 0.317 e. The number of aryl methyl sites for hydroxylation is 2. The predicted molar refractivity (Wildman–Crippen MR) is 102 cm³/mol. The molecule has 4 rings (SSSR count). The normalized spacial score (nSPS) is 19.0. The maximum atomic E-state index is 12.5. The van der Waals surface area contributed by atoms with E-state index in [1.54, 1.807) is 16.2 Å². The van der Waals surface area contributed by atoms with Crippen LogP contribution >= 0.6 is 11.3 Å². The number of likely N-dealkylation sites (tertiary alicyclic amines) is 1. The fraction of sp³-hybridized carbons (Fsp3) is 0.500. The SMILES string of the molecule is O=C(NCc1nc2c(s1)CCCC2)N1CCC(O)(c2ccccc2)CC1. The highest BCUT2D eigenvalue weighted by Crippen LogP contribution is 2.32. The fourth-order valence-electron chi connectivity index (χ4n) is 3.86. The van der Waals surface area contributed by atoms with Crippen molar-refractivity contribution in [2.24, 2.45) is 0 Å². The number of urea groups is 1. The van der Waals surface area contributed by atoms with Crippen molar-refractivity contribution in [2.75, 3.05) is 13.1 Å². The van der Waals surface area contributed by atoms with E-state index in [4.69, 9.17) is 0 Å². The van der Waals surface area contributed by atoms with Gasteiger partial charge in [0.15, 0.2) is 0 Å². The third kappa shape index (κ3) is 3.62. The number of amides is 2. The van der Waals surface area contributed by atoms with Crippen LogP contribution in [0, 0.1) is 0 Å². The Morgan fingerprint density at radius 3 is 2.65 bits per heavy atom. The van der Waals surface area contributed by atoms with Gasteiger partial charge in [-0.2, -0.15) is 0 Å². The number of aromatic nitrogens is 1. The summed E-state index contributed by atoms with van der Waals surface area (Å²) >= 11 is 1.74. The molecule has 2 amide bonds. The minimum Gasteiger partial charge on any atom is -0.385 e. The molecule has 2 aliphatic rings. The number of thiazole rings is 1. The van der Waals surface area contributed by atoms with E-state index in [2.05, 4.69) is 10.3 Å². The second-order valence-corrected chi connectivity index (χ2v) is 8.40. The molecule has 0 radical (unpaired) electrons. The molecule has 0 saturated carbocycles. The molecule has 138 valence electrons. The minimum atomic E-state index is -0.827. The van der Waals surface area contributed by atoms with E-state index < -0.39 is 5.60 Å². The highest BCUT2D eigenvalue weighted by Gasteiger charge is 2.35. The van der Waals surface area contributed by atoms with Crippen LogP contribution in [-0.4, -0.2) is 34.1 Å². The van der Waals surface area contributed by atoms with Crippen LogP contribution in [0.15, 0.2) is 30.3 Å². The molecule has 5 nitrogen and oxygen atoms in total. The molecular weight excluding hydrogens is 346 g/mol. The predicted octanol–water partition coefficient (Wildman–Crippen LogP) is 3.22. The number of rotatable bonds is 3. The Labute approximate surface area is 158 Å². The Morgan fingerprint density at radius 1 is 1.19 bits per heavy atom. The molecule has 0 bridgehead atoms. The van der Waals surface area contributed by atoms with Gasteiger partial charge in [-0.05, 0) is 44.1 Å². The van der Waals surface area contributed by atoms with Crippen molar-refractivity contribution in [3.05, 3.63) is 51.5 Å². The van der Waals surface area contributed by atoms with Crippen LogP contribution in [-0.2, 0) is 25.0 Å². The number of hydrogen-bond donors (Lipinski definition) is 2. The summed E-state index contributed by atoms with van der Waals surface area (Å²) in [6.45, 7) is 1.62. The van der Waals surface area contributed by atoms with Crippen molar-refractivity contribution >= 4 is 17.4 Å². The van der Waals surface area contributed by atoms with Crippen LogP contribution in [0.2, 0.25) is 0 Å². The van der Waals surface area contributed by atoms with E-state index in [0.29, 0.717) is 32.5 Å². The molecule has 1 aliphatic carbocycles. The summed E-state index contributed by atoms with van der Waals surface area (Å²) in [5.41, 5.74) is 1.34. The molecule has 1 aliphatic heterocycles. The minimum absolute atomic E-state index is 0.0618. The van der Waals surface area contributed by atoms with E-state index in [1.807, 2.05) is 30.3 Å². The second kappa shape index (κ2) is 7.37. The van der Waals surface area contributed by atoms with Gasteiger partial charge >= 0.3 is 6.03 Å². The van der Waals surface area contributed by atoms with Crippen LogP contribution in [0.3, 0.4) is 0 Å². The zero-order valence-electron chi connectivity index (χ0n) is 14.9. The van der Waals surface area contributed by atoms with Gasteiger partial charge in [0.1, 0.15) is 5.01 Å². The first-order valence-electron chi connectivity index (χ1n) is 9.42. The van der Waals surface area contributed by atoms with Gasteiger partial charge in [0.25, 0.3) is 0 Å². The van der Waals surface area contributed by atoms with E-state index in [-0.39, 0.29) is 6.03 Å². The van der Waals surface area contributed by atoms with Crippen LogP contribution in [0.25, 0.3) is 0 Å². The molecule has 2 heterocycles. The van der Waals surface area contributed by atoms with Crippen molar-refractivity contribution in [1.29, 1.82) is 0 Å². The average molecular weight is 372 g/mol. The maximum absolute atomic E-state index is 12.5. The van der Waals surface area contributed by atoms with Crippen molar-refractivity contribution in [3.63, 3.8) is 0 Å². The Balaban J connectivity index is 1.30. The number of nitrogens with one attached hydrogen (secondary N) is 1. The first-order valence-corrected chi connectivity index (χ1v) is 10.2. The molecular formula is C20H25N3O2S. The van der Waals surface area contributed by atoms with E-state index in [9.17, 15) is 9.90 Å².